The van der Waals surface area contributed by atoms with Gasteiger partial charge in [0, 0.05) is 87.3 Å². The summed E-state index contributed by atoms with van der Waals surface area (Å²) >= 11 is 0. The van der Waals surface area contributed by atoms with Gasteiger partial charge in [0.05, 0.1) is 0 Å². The van der Waals surface area contributed by atoms with E-state index in [1.807, 2.05) is 0 Å². The average Bonchev–Trinajstić information content (AvgIpc) is 3.74. The molecular formula is C44H40N4. The third-order valence-corrected chi connectivity index (χ3v) is 11.1. The van der Waals surface area contributed by atoms with E-state index < -0.39 is 0 Å². The molecule has 4 heteroatoms. The van der Waals surface area contributed by atoms with Crippen molar-refractivity contribution in [1.82, 2.24) is 19.9 Å². The van der Waals surface area contributed by atoms with Crippen LogP contribution >= 0.6 is 0 Å². The van der Waals surface area contributed by atoms with Crippen molar-refractivity contribution < 1.29 is 0 Å². The van der Waals surface area contributed by atoms with E-state index in [-0.39, 0.29) is 0 Å². The largest absolute Gasteiger partial charge is 0.354 e. The van der Waals surface area contributed by atoms with Crippen molar-refractivity contribution in [3.05, 3.63) is 137 Å². The number of fused-ring (bicyclic) bond motifs is 20. The maximum atomic E-state index is 3.87. The van der Waals surface area contributed by atoms with Crippen molar-refractivity contribution in [2.45, 2.75) is 55.4 Å². The van der Waals surface area contributed by atoms with Gasteiger partial charge < -0.3 is 19.9 Å². The highest BCUT2D eigenvalue weighted by molar-refractivity contribution is 6.01. The fourth-order valence-corrected chi connectivity index (χ4v) is 7.65. The maximum absolute atomic E-state index is 3.87. The van der Waals surface area contributed by atoms with E-state index in [9.17, 15) is 0 Å². The number of rotatable bonds is 0. The molecule has 8 aromatic rings. The molecule has 0 amide bonds. The van der Waals surface area contributed by atoms with Gasteiger partial charge in [0.2, 0.25) is 0 Å². The number of hydrogen-bond donors (Lipinski definition) is 4. The van der Waals surface area contributed by atoms with Gasteiger partial charge in [0.15, 0.2) is 0 Å². The summed E-state index contributed by atoms with van der Waals surface area (Å²) in [6.45, 7) is 17.6. The van der Waals surface area contributed by atoms with Crippen LogP contribution in [0, 0.1) is 55.4 Å². The van der Waals surface area contributed by atoms with Crippen LogP contribution in [0.5, 0.6) is 0 Å². The van der Waals surface area contributed by atoms with Gasteiger partial charge in [-0.25, -0.2) is 0 Å². The fourth-order valence-electron chi connectivity index (χ4n) is 7.65. The molecule has 48 heavy (non-hydrogen) atoms. The second-order valence-electron chi connectivity index (χ2n) is 14.3. The summed E-state index contributed by atoms with van der Waals surface area (Å²) in [7, 11) is 0. The van der Waals surface area contributed by atoms with Crippen LogP contribution in [0.25, 0.3) is 67.4 Å². The summed E-state index contributed by atoms with van der Waals surface area (Å²) in [5, 5.41) is 14.2. The van der Waals surface area contributed by atoms with Gasteiger partial charge in [-0.05, 0) is 173 Å². The summed E-state index contributed by atoms with van der Waals surface area (Å²) in [5.74, 6) is 0. The van der Waals surface area contributed by atoms with E-state index >= 15 is 0 Å². The number of aryl methyl sites for hydroxylation is 8. The molecule has 0 atom stereocenters. The lowest BCUT2D eigenvalue weighted by molar-refractivity contribution is 1.24. The van der Waals surface area contributed by atoms with Crippen LogP contribution in [0.1, 0.15) is 67.3 Å². The molecule has 236 valence electrons. The number of nitrogens with one attached hydrogen (secondary N) is 4. The van der Waals surface area contributed by atoms with Crippen LogP contribution in [-0.4, -0.2) is 19.9 Å². The van der Waals surface area contributed by atoms with Crippen molar-refractivity contribution >= 4 is 67.4 Å². The Kier molecular flexibility index (Phi) is 5.99. The van der Waals surface area contributed by atoms with Crippen molar-refractivity contribution in [3.8, 4) is 0 Å². The Bertz CT molecular complexity index is 2570. The lowest BCUT2D eigenvalue weighted by Crippen LogP contribution is -2.11. The van der Waals surface area contributed by atoms with Crippen molar-refractivity contribution in [2.75, 3.05) is 0 Å². The van der Waals surface area contributed by atoms with Crippen molar-refractivity contribution in [3.63, 3.8) is 0 Å². The Morgan fingerprint density at radius 1 is 0.250 bits per heavy atom. The normalized spacial score (nSPS) is 12.8. The van der Waals surface area contributed by atoms with E-state index in [1.54, 1.807) is 0 Å². The summed E-state index contributed by atoms with van der Waals surface area (Å²) in [6, 6.07) is 18.7. The molecule has 0 fully saturated rings. The minimum atomic E-state index is 1.10. The highest BCUT2D eigenvalue weighted by Gasteiger charge is 2.15. The maximum Gasteiger partial charge on any atom is 0.0486 e. The van der Waals surface area contributed by atoms with Gasteiger partial charge in [-0.1, -0.05) is 0 Å². The van der Waals surface area contributed by atoms with Gasteiger partial charge >= 0.3 is 0 Å². The molecule has 0 saturated carbocycles. The minimum absolute atomic E-state index is 1.10. The molecular weight excluding hydrogens is 585 g/mol. The van der Waals surface area contributed by atoms with Crippen LogP contribution in [0.15, 0.2) is 48.5 Å². The second kappa shape index (κ2) is 10.0. The molecule has 1 aliphatic heterocycles. The third-order valence-electron chi connectivity index (χ3n) is 11.1. The fraction of sp³-hybridized carbons (Fsp3) is 0.182. The SMILES string of the molecule is Cc1cc2c3[nH]c(c2cc1C)C=c1[nH]c(c2cc(C)c(C)cc12)=Cc1[nH]c(c2cc(C)c(C)cc12)C=c1[nH]c(c2cc(C)c(C)cc12)=C3. The van der Waals surface area contributed by atoms with Gasteiger partial charge in [-0.2, -0.15) is 0 Å². The summed E-state index contributed by atoms with van der Waals surface area (Å²) in [4.78, 5) is 15.5. The molecule has 1 aliphatic rings. The minimum Gasteiger partial charge on any atom is -0.354 e. The molecule has 4 nitrogen and oxygen atoms in total. The van der Waals surface area contributed by atoms with Gasteiger partial charge in [0.1, 0.15) is 0 Å². The molecule has 0 radical (unpaired) electrons. The van der Waals surface area contributed by atoms with Crippen LogP contribution < -0.4 is 21.4 Å². The quantitative estimate of drug-likeness (QED) is 0.134. The molecule has 5 heterocycles. The third kappa shape index (κ3) is 4.22. The highest BCUT2D eigenvalue weighted by atomic mass is 14.8. The van der Waals surface area contributed by atoms with E-state index in [0.717, 1.165) is 44.2 Å². The molecule has 0 aliphatic carbocycles. The number of H-pyrrole nitrogens is 4. The zero-order chi connectivity index (χ0) is 33.2. The zero-order valence-electron chi connectivity index (χ0n) is 28.9. The first-order valence-corrected chi connectivity index (χ1v) is 16.9. The van der Waals surface area contributed by atoms with Gasteiger partial charge in [-0.15, -0.1) is 0 Å². The first kappa shape index (κ1) is 28.7. The Hall–Kier alpha value is -5.48. The number of benzene rings is 4. The molecule has 4 aromatic heterocycles. The van der Waals surface area contributed by atoms with Crippen LogP contribution in [0.2, 0.25) is 0 Å². The predicted octanol–water partition coefficient (Wildman–Crippen LogP) is 7.71. The summed E-state index contributed by atoms with van der Waals surface area (Å²) in [5.41, 5.74) is 14.7. The molecule has 4 N–H and O–H groups in total. The van der Waals surface area contributed by atoms with Crippen LogP contribution in [-0.2, 0) is 0 Å². The molecule has 4 aromatic carbocycles. The van der Waals surface area contributed by atoms with Crippen LogP contribution in [0.3, 0.4) is 0 Å². The molecule has 8 bridgehead atoms. The molecule has 0 unspecified atom stereocenters. The molecule has 9 rings (SSSR count). The smallest absolute Gasteiger partial charge is 0.0486 e. The van der Waals surface area contributed by atoms with Crippen LogP contribution in [0.4, 0.5) is 0 Å². The van der Waals surface area contributed by atoms with Crippen molar-refractivity contribution in [1.29, 1.82) is 0 Å². The van der Waals surface area contributed by atoms with E-state index in [0.29, 0.717) is 0 Å². The summed E-state index contributed by atoms with van der Waals surface area (Å²) < 4.78 is 0. The predicted molar refractivity (Wildman–Crippen MR) is 204 cm³/mol. The highest BCUT2D eigenvalue weighted by Crippen LogP contribution is 2.30. The first-order valence-electron chi connectivity index (χ1n) is 16.9. The average molecular weight is 625 g/mol. The van der Waals surface area contributed by atoms with E-state index in [4.69, 9.17) is 0 Å². The Morgan fingerprint density at radius 2 is 0.438 bits per heavy atom. The first-order chi connectivity index (χ1) is 23.0. The number of hydrogen-bond acceptors (Lipinski definition) is 0. The summed E-state index contributed by atoms with van der Waals surface area (Å²) in [6.07, 6.45) is 9.22. The Morgan fingerprint density at radius 3 is 0.646 bits per heavy atom. The Balaban J connectivity index is 1.52. The standard InChI is InChI=1S/C44H40N4/c1-21-9-29-30(10-22(21)2)38-18-40-33-13-25(5)26(6)14-34(33)42(47-40)20-44-36-16-28(8)27(7)15-35(36)43(48-44)19-41-32-12-24(4)23(3)11-31(32)39(46-41)17-37(29)45-38/h9-20,45-48H,1-8H3. The molecule has 0 spiro atoms. The monoisotopic (exact) mass is 624 g/mol. The lowest BCUT2D eigenvalue weighted by atomic mass is 10.0. The lowest BCUT2D eigenvalue weighted by Gasteiger charge is -2.02. The van der Waals surface area contributed by atoms with Gasteiger partial charge in [0.25, 0.3) is 0 Å². The van der Waals surface area contributed by atoms with Gasteiger partial charge in [-0.3, -0.25) is 0 Å². The second-order valence-corrected chi connectivity index (χ2v) is 14.3. The van der Waals surface area contributed by atoms with E-state index in [2.05, 4.69) is 148 Å². The van der Waals surface area contributed by atoms with E-state index in [1.165, 1.54) is 87.6 Å². The topological polar surface area (TPSA) is 63.2 Å². The van der Waals surface area contributed by atoms with Crippen molar-refractivity contribution in [2.24, 2.45) is 0 Å². The molecule has 0 saturated heterocycles. The number of aromatic amines is 4. The Labute approximate surface area is 279 Å². The zero-order valence-corrected chi connectivity index (χ0v) is 28.9. The number of aromatic nitrogens is 4.